The van der Waals surface area contributed by atoms with Crippen LogP contribution in [0.25, 0.3) is 0 Å². The van der Waals surface area contributed by atoms with Gasteiger partial charge in [0.2, 0.25) is 0 Å². The van der Waals surface area contributed by atoms with Crippen LogP contribution in [0.1, 0.15) is 64.3 Å². The Morgan fingerprint density at radius 3 is 2.38 bits per heavy atom. The Balaban J connectivity index is 1.92. The van der Waals surface area contributed by atoms with Crippen LogP contribution >= 0.6 is 0 Å². The molecule has 0 fully saturated rings. The number of carbonyl (C=O) groups excluding carboxylic acids is 2. The molecule has 9 heteroatoms. The van der Waals surface area contributed by atoms with Crippen LogP contribution in [-0.2, 0) is 13.0 Å². The lowest BCUT2D eigenvalue weighted by Gasteiger charge is -2.35. The topological polar surface area (TPSA) is 94.8 Å². The molecule has 2 amide bonds. The predicted octanol–water partition coefficient (Wildman–Crippen LogP) is 4.62. The zero-order valence-corrected chi connectivity index (χ0v) is 22.7. The molecule has 1 heterocycles. The van der Waals surface area contributed by atoms with Crippen LogP contribution in [-0.4, -0.2) is 53.6 Å². The van der Waals surface area contributed by atoms with Gasteiger partial charge < -0.3 is 25.1 Å². The van der Waals surface area contributed by atoms with Crippen molar-refractivity contribution >= 4 is 11.8 Å². The Labute approximate surface area is 228 Å². The van der Waals surface area contributed by atoms with E-state index in [1.54, 1.807) is 43.5 Å². The number of aliphatic hydroxyl groups is 1. The summed E-state index contributed by atoms with van der Waals surface area (Å²) in [6, 6.07) is 10.9. The molecule has 0 bridgehead atoms. The van der Waals surface area contributed by atoms with Gasteiger partial charge in [0.25, 0.3) is 11.8 Å². The molecular formula is C30H37F2N3O4. The molecule has 2 aromatic carbocycles. The second-order valence-corrected chi connectivity index (χ2v) is 9.67. The van der Waals surface area contributed by atoms with Crippen LogP contribution in [0.4, 0.5) is 8.78 Å². The molecule has 0 unspecified atom stereocenters. The van der Waals surface area contributed by atoms with Crippen molar-refractivity contribution in [3.8, 4) is 0 Å². The van der Waals surface area contributed by atoms with Gasteiger partial charge in [-0.3, -0.25) is 9.59 Å². The first-order valence-corrected chi connectivity index (χ1v) is 13.3. The molecule has 0 saturated carbocycles. The Morgan fingerprint density at radius 1 is 1.03 bits per heavy atom. The Hall–Kier alpha value is -3.56. The zero-order valence-electron chi connectivity index (χ0n) is 22.7. The van der Waals surface area contributed by atoms with E-state index in [1.807, 2.05) is 13.8 Å². The van der Waals surface area contributed by atoms with Crippen molar-refractivity contribution in [3.63, 3.8) is 0 Å². The number of furan rings is 1. The summed E-state index contributed by atoms with van der Waals surface area (Å²) < 4.78 is 33.4. The molecule has 0 saturated heterocycles. The number of carbonyl (C=O) groups is 2. The van der Waals surface area contributed by atoms with Crippen LogP contribution in [0.5, 0.6) is 0 Å². The van der Waals surface area contributed by atoms with Gasteiger partial charge in [-0.1, -0.05) is 13.8 Å². The fraction of sp³-hybridized carbons (Fsp3) is 0.400. The summed E-state index contributed by atoms with van der Waals surface area (Å²) in [5.41, 5.74) is 1.73. The summed E-state index contributed by atoms with van der Waals surface area (Å²) in [6.07, 6.45) is 1.87. The van der Waals surface area contributed by atoms with Gasteiger partial charge in [0.05, 0.1) is 25.0 Å². The molecule has 210 valence electrons. The van der Waals surface area contributed by atoms with Gasteiger partial charge in [-0.15, -0.1) is 0 Å². The van der Waals surface area contributed by atoms with Gasteiger partial charge >= 0.3 is 0 Å². The first kappa shape index (κ1) is 30.0. The molecule has 0 radical (unpaired) electrons. The average molecular weight is 542 g/mol. The van der Waals surface area contributed by atoms with Gasteiger partial charge in [0.15, 0.2) is 0 Å². The quantitative estimate of drug-likeness (QED) is 0.277. The van der Waals surface area contributed by atoms with E-state index in [4.69, 9.17) is 4.42 Å². The second kappa shape index (κ2) is 14.6. The lowest BCUT2D eigenvalue weighted by molar-refractivity contribution is 0.0352. The van der Waals surface area contributed by atoms with Crippen LogP contribution in [0.3, 0.4) is 0 Å². The molecule has 2 atom stereocenters. The highest BCUT2D eigenvalue weighted by Gasteiger charge is 2.31. The summed E-state index contributed by atoms with van der Waals surface area (Å²) in [4.78, 5) is 28.1. The molecule has 3 rings (SSSR count). The molecule has 0 aliphatic heterocycles. The molecule has 3 aromatic rings. The Bertz CT molecular complexity index is 1210. The van der Waals surface area contributed by atoms with E-state index in [0.717, 1.165) is 18.1 Å². The van der Waals surface area contributed by atoms with Crippen molar-refractivity contribution in [1.82, 2.24) is 15.5 Å². The van der Waals surface area contributed by atoms with E-state index in [9.17, 15) is 23.5 Å². The molecule has 39 heavy (non-hydrogen) atoms. The molecule has 3 N–H and O–H groups in total. The van der Waals surface area contributed by atoms with Crippen molar-refractivity contribution in [1.29, 1.82) is 0 Å². The second-order valence-electron chi connectivity index (χ2n) is 9.67. The Morgan fingerprint density at radius 2 is 1.74 bits per heavy atom. The Kier molecular flexibility index (Phi) is 11.2. The van der Waals surface area contributed by atoms with Crippen molar-refractivity contribution < 1.29 is 27.9 Å². The molecule has 0 aliphatic carbocycles. The number of nitrogens with one attached hydrogen (secondary N) is 2. The molecule has 0 spiro atoms. The SMILES string of the molecule is CCCNC(=O)c1cc(C)cc(C(=O)N(CCC)[C@@H](Cc2cc(F)cc(F)c2)[C@H](O)CNCc2ccco2)c1. The number of hydrogen-bond acceptors (Lipinski definition) is 5. The van der Waals surface area contributed by atoms with Crippen LogP contribution < -0.4 is 10.6 Å². The highest BCUT2D eigenvalue weighted by molar-refractivity contribution is 6.00. The minimum absolute atomic E-state index is 0.0275. The number of benzene rings is 2. The van der Waals surface area contributed by atoms with E-state index in [-0.39, 0.29) is 24.8 Å². The summed E-state index contributed by atoms with van der Waals surface area (Å²) in [7, 11) is 0. The maximum absolute atomic E-state index is 14.0. The highest BCUT2D eigenvalue weighted by Crippen LogP contribution is 2.20. The lowest BCUT2D eigenvalue weighted by Crippen LogP contribution is -2.51. The van der Waals surface area contributed by atoms with Crippen molar-refractivity contribution in [2.75, 3.05) is 19.6 Å². The van der Waals surface area contributed by atoms with Crippen molar-refractivity contribution in [3.05, 3.63) is 94.4 Å². The average Bonchev–Trinajstić information content (AvgIpc) is 3.41. The number of rotatable bonds is 14. The minimum atomic E-state index is -1.07. The normalized spacial score (nSPS) is 12.7. The first-order chi connectivity index (χ1) is 18.7. The smallest absolute Gasteiger partial charge is 0.254 e. The minimum Gasteiger partial charge on any atom is -0.468 e. The summed E-state index contributed by atoms with van der Waals surface area (Å²) in [5, 5.41) is 17.2. The van der Waals surface area contributed by atoms with E-state index in [0.29, 0.717) is 48.5 Å². The predicted molar refractivity (Wildman–Crippen MR) is 145 cm³/mol. The highest BCUT2D eigenvalue weighted by atomic mass is 19.1. The van der Waals surface area contributed by atoms with E-state index < -0.39 is 23.8 Å². The maximum atomic E-state index is 14.0. The number of aryl methyl sites for hydroxylation is 1. The van der Waals surface area contributed by atoms with Gasteiger partial charge in [-0.2, -0.15) is 0 Å². The van der Waals surface area contributed by atoms with Crippen LogP contribution in [0, 0.1) is 18.6 Å². The summed E-state index contributed by atoms with van der Waals surface area (Å²) in [5.74, 6) is -1.43. The molecular weight excluding hydrogens is 504 g/mol. The van der Waals surface area contributed by atoms with E-state index in [2.05, 4.69) is 10.6 Å². The van der Waals surface area contributed by atoms with Gasteiger partial charge in [0, 0.05) is 36.8 Å². The fourth-order valence-electron chi connectivity index (χ4n) is 4.52. The van der Waals surface area contributed by atoms with Crippen LogP contribution in [0.15, 0.2) is 59.2 Å². The first-order valence-electron chi connectivity index (χ1n) is 13.3. The maximum Gasteiger partial charge on any atom is 0.254 e. The summed E-state index contributed by atoms with van der Waals surface area (Å²) in [6.45, 7) is 6.94. The fourth-order valence-corrected chi connectivity index (χ4v) is 4.52. The standard InChI is InChI=1S/C30H37F2N3O4/c1-4-8-34-29(37)22-11-20(3)12-23(16-22)30(38)35(9-5-2)27(15-21-13-24(31)17-25(32)14-21)28(36)19-33-18-26-7-6-10-39-26/h6-7,10-14,16-17,27-28,33,36H,4-5,8-9,15,18-19H2,1-3H3,(H,34,37)/t27-,28+/m0/s1. The van der Waals surface area contributed by atoms with Crippen molar-refractivity contribution in [2.45, 2.75) is 58.7 Å². The number of aliphatic hydroxyl groups excluding tert-OH is 1. The summed E-state index contributed by atoms with van der Waals surface area (Å²) >= 11 is 0. The van der Waals surface area contributed by atoms with E-state index >= 15 is 0 Å². The monoisotopic (exact) mass is 541 g/mol. The largest absolute Gasteiger partial charge is 0.468 e. The van der Waals surface area contributed by atoms with Crippen molar-refractivity contribution in [2.24, 2.45) is 0 Å². The van der Waals surface area contributed by atoms with Crippen LogP contribution in [0.2, 0.25) is 0 Å². The number of amides is 2. The third-order valence-corrected chi connectivity index (χ3v) is 6.29. The number of hydrogen-bond donors (Lipinski definition) is 3. The van der Waals surface area contributed by atoms with Gasteiger partial charge in [-0.25, -0.2) is 8.78 Å². The van der Waals surface area contributed by atoms with Gasteiger partial charge in [0.1, 0.15) is 17.4 Å². The molecule has 0 aliphatic rings. The van der Waals surface area contributed by atoms with E-state index in [1.165, 1.54) is 17.0 Å². The zero-order chi connectivity index (χ0) is 28.4. The van der Waals surface area contributed by atoms with Gasteiger partial charge in [-0.05, 0) is 79.8 Å². The number of nitrogens with zero attached hydrogens (tertiary/aromatic N) is 1. The third kappa shape index (κ3) is 8.73. The lowest BCUT2D eigenvalue weighted by atomic mass is 9.97. The molecule has 1 aromatic heterocycles. The molecule has 7 nitrogen and oxygen atoms in total. The third-order valence-electron chi connectivity index (χ3n) is 6.29. The number of halogens is 2.